The number of hydrogen-bond donors (Lipinski definition) is 0. The van der Waals surface area contributed by atoms with E-state index in [0.717, 1.165) is 85.3 Å². The van der Waals surface area contributed by atoms with Gasteiger partial charge in [0.25, 0.3) is 0 Å². The Kier molecular flexibility index (Phi) is 28.4. The van der Waals surface area contributed by atoms with E-state index in [1.165, 1.54) is 43.4 Å². The van der Waals surface area contributed by atoms with Crippen LogP contribution in [0.4, 0.5) is 0 Å². The molecular weight excluding hydrogens is 881 g/mol. The minimum Gasteiger partial charge on any atom is -0.494 e. The highest BCUT2D eigenvalue weighted by Crippen LogP contribution is 2.31. The smallest absolute Gasteiger partial charge is 0.343 e. The van der Waals surface area contributed by atoms with Crippen LogP contribution in [0.1, 0.15) is 131 Å². The van der Waals surface area contributed by atoms with Gasteiger partial charge in [0.2, 0.25) is 0 Å². The van der Waals surface area contributed by atoms with E-state index in [2.05, 4.69) is 26.7 Å². The molecule has 1 fully saturated rings. The summed E-state index contributed by atoms with van der Waals surface area (Å²) in [6.07, 6.45) is 21.3. The lowest BCUT2D eigenvalue weighted by atomic mass is 9.81. The maximum absolute atomic E-state index is 12.9. The summed E-state index contributed by atoms with van der Waals surface area (Å²) in [5.74, 6) is 0.623. The standard InChI is InChI=1S/C50H54O10.C8H14.C2H6/c1-4-38(16-15-34-55-33-11-7-8-13-36-57-47(51)5-2)39-17-21-42(22-18-39)49(53)59-45-29-31-46(32-30-45)60-50(54)43-23-19-40(20-24-43)41-25-27-44(28-26-41)56-35-12-9-10-14-37-58-48(52)6-3;1-7(2)6-8-4-3-5-8;1-2/h4-6,15-32H,2-3,7-14,33-37H2,1H3;8H,1,3-6H2,2H3;1-2H3/b16-15-,38-4+;;. The van der Waals surface area contributed by atoms with Gasteiger partial charge in [0, 0.05) is 18.8 Å². The average Bonchev–Trinajstić information content (AvgIpc) is 3.37. The largest absolute Gasteiger partial charge is 0.494 e. The first-order valence-electron chi connectivity index (χ1n) is 24.7. The Bertz CT molecular complexity index is 2250. The average molecular weight is 955 g/mol. The molecule has 10 heteroatoms. The van der Waals surface area contributed by atoms with Gasteiger partial charge in [-0.25, -0.2) is 19.2 Å². The maximum Gasteiger partial charge on any atom is 0.343 e. The van der Waals surface area contributed by atoms with Crippen molar-refractivity contribution < 1.29 is 47.6 Å². The van der Waals surface area contributed by atoms with Gasteiger partial charge in [-0.2, -0.15) is 0 Å². The van der Waals surface area contributed by atoms with Crippen molar-refractivity contribution in [1.29, 1.82) is 0 Å². The van der Waals surface area contributed by atoms with E-state index in [0.29, 0.717) is 55.7 Å². The monoisotopic (exact) mass is 955 g/mol. The second-order valence-electron chi connectivity index (χ2n) is 16.5. The molecule has 1 aliphatic carbocycles. The molecule has 1 saturated carbocycles. The fourth-order valence-corrected chi connectivity index (χ4v) is 6.99. The normalized spacial score (nSPS) is 11.9. The van der Waals surface area contributed by atoms with Crippen molar-refractivity contribution in [3.63, 3.8) is 0 Å². The molecule has 0 aliphatic heterocycles. The van der Waals surface area contributed by atoms with Gasteiger partial charge in [-0.05, 0) is 154 Å². The lowest BCUT2D eigenvalue weighted by Gasteiger charge is -2.24. The fourth-order valence-electron chi connectivity index (χ4n) is 6.99. The minimum atomic E-state index is -0.509. The van der Waals surface area contributed by atoms with Crippen LogP contribution in [0.3, 0.4) is 0 Å². The van der Waals surface area contributed by atoms with Gasteiger partial charge < -0.3 is 28.4 Å². The first kappa shape index (κ1) is 57.5. The van der Waals surface area contributed by atoms with E-state index in [-0.39, 0.29) is 5.97 Å². The molecule has 0 unspecified atom stereocenters. The quantitative estimate of drug-likeness (QED) is 0.0136. The van der Waals surface area contributed by atoms with Crippen molar-refractivity contribution in [2.45, 2.75) is 105 Å². The zero-order valence-electron chi connectivity index (χ0n) is 41.9. The Morgan fingerprint density at radius 2 is 1.00 bits per heavy atom. The Morgan fingerprint density at radius 3 is 1.43 bits per heavy atom. The molecule has 0 heterocycles. The highest BCUT2D eigenvalue weighted by Gasteiger charge is 2.16. The van der Waals surface area contributed by atoms with Gasteiger partial charge >= 0.3 is 23.9 Å². The van der Waals surface area contributed by atoms with Gasteiger partial charge in [0.15, 0.2) is 0 Å². The van der Waals surface area contributed by atoms with Gasteiger partial charge in [0.05, 0.1) is 37.6 Å². The molecule has 374 valence electrons. The number of rotatable bonds is 28. The van der Waals surface area contributed by atoms with E-state index in [4.69, 9.17) is 28.4 Å². The van der Waals surface area contributed by atoms with E-state index in [9.17, 15) is 19.2 Å². The minimum absolute atomic E-state index is 0.316. The third-order valence-corrected chi connectivity index (χ3v) is 11.0. The third-order valence-electron chi connectivity index (χ3n) is 11.0. The number of allylic oxidation sites excluding steroid dienone is 4. The zero-order chi connectivity index (χ0) is 50.8. The molecule has 0 saturated heterocycles. The number of ether oxygens (including phenoxy) is 6. The van der Waals surface area contributed by atoms with Crippen LogP contribution < -0.4 is 14.2 Å². The molecule has 0 aromatic heterocycles. The summed E-state index contributed by atoms with van der Waals surface area (Å²) >= 11 is 0. The maximum atomic E-state index is 12.9. The summed E-state index contributed by atoms with van der Waals surface area (Å²) in [4.78, 5) is 47.9. The van der Waals surface area contributed by atoms with Crippen LogP contribution in [0.15, 0.2) is 153 Å². The van der Waals surface area contributed by atoms with Crippen molar-refractivity contribution in [3.05, 3.63) is 169 Å². The predicted molar refractivity (Wildman–Crippen MR) is 281 cm³/mol. The topological polar surface area (TPSA) is 124 Å². The fraction of sp³-hybridized carbons (Fsp3) is 0.367. The Balaban J connectivity index is 0.00000116. The number of carbonyl (C=O) groups is 4. The molecule has 0 bridgehead atoms. The van der Waals surface area contributed by atoms with Crippen molar-refractivity contribution in [1.82, 2.24) is 0 Å². The van der Waals surface area contributed by atoms with Crippen molar-refractivity contribution in [2.24, 2.45) is 5.92 Å². The molecule has 10 nitrogen and oxygen atoms in total. The number of benzene rings is 4. The van der Waals surface area contributed by atoms with Gasteiger partial charge in [-0.3, -0.25) is 0 Å². The molecule has 1 aliphatic rings. The summed E-state index contributed by atoms with van der Waals surface area (Å²) in [5.41, 5.74) is 6.02. The predicted octanol–water partition coefficient (Wildman–Crippen LogP) is 14.5. The highest BCUT2D eigenvalue weighted by molar-refractivity contribution is 5.92. The Hall–Kier alpha value is -6.78. The Morgan fingerprint density at radius 1 is 0.571 bits per heavy atom. The molecule has 0 N–H and O–H groups in total. The van der Waals surface area contributed by atoms with E-state index < -0.39 is 17.9 Å². The first-order chi connectivity index (χ1) is 34.1. The molecule has 70 heavy (non-hydrogen) atoms. The Labute approximate surface area is 417 Å². The van der Waals surface area contributed by atoms with Crippen LogP contribution in [0.2, 0.25) is 0 Å². The molecule has 0 spiro atoms. The van der Waals surface area contributed by atoms with Crippen LogP contribution in [0.25, 0.3) is 16.7 Å². The highest BCUT2D eigenvalue weighted by atomic mass is 16.5. The number of carbonyl (C=O) groups excluding carboxylic acids is 4. The lowest BCUT2D eigenvalue weighted by molar-refractivity contribution is -0.138. The van der Waals surface area contributed by atoms with Crippen LogP contribution in [0.5, 0.6) is 17.2 Å². The number of hydrogen-bond acceptors (Lipinski definition) is 10. The number of unbranched alkanes of at least 4 members (excludes halogenated alkanes) is 6. The summed E-state index contributed by atoms with van der Waals surface area (Å²) in [6.45, 7) is 21.3. The summed E-state index contributed by atoms with van der Waals surface area (Å²) < 4.78 is 32.7. The molecule has 0 atom stereocenters. The molecular formula is C60H74O10. The molecule has 0 amide bonds. The molecule has 0 radical (unpaired) electrons. The number of esters is 4. The van der Waals surface area contributed by atoms with E-state index in [1.807, 2.05) is 87.5 Å². The molecule has 5 rings (SSSR count). The summed E-state index contributed by atoms with van der Waals surface area (Å²) in [7, 11) is 0. The van der Waals surface area contributed by atoms with Crippen LogP contribution in [0, 0.1) is 5.92 Å². The first-order valence-corrected chi connectivity index (χ1v) is 24.7. The van der Waals surface area contributed by atoms with Crippen molar-refractivity contribution >= 4 is 29.5 Å². The SMILES string of the molecule is C=C(C)CC1CCC1.C=CC(=O)OCCCCCCOC/C=C\C(=C/C)c1ccc(C(=O)Oc2ccc(OC(=O)c3ccc(-c4ccc(OCCCCCCOC(=O)C=C)cc4)cc3)cc2)cc1.CC. The third kappa shape index (κ3) is 23.0. The van der Waals surface area contributed by atoms with Gasteiger partial charge in [0.1, 0.15) is 17.2 Å². The van der Waals surface area contributed by atoms with Crippen LogP contribution in [-0.4, -0.2) is 56.9 Å². The zero-order valence-corrected chi connectivity index (χ0v) is 41.9. The van der Waals surface area contributed by atoms with Crippen LogP contribution in [-0.2, 0) is 23.8 Å². The van der Waals surface area contributed by atoms with Gasteiger partial charge in [-0.1, -0.05) is 113 Å². The van der Waals surface area contributed by atoms with Gasteiger partial charge in [-0.15, -0.1) is 6.58 Å². The van der Waals surface area contributed by atoms with E-state index >= 15 is 0 Å². The van der Waals surface area contributed by atoms with E-state index in [1.54, 1.807) is 48.5 Å². The summed E-state index contributed by atoms with van der Waals surface area (Å²) in [6, 6.07) is 28.4. The molecule has 4 aromatic rings. The van der Waals surface area contributed by atoms with Crippen LogP contribution >= 0.6 is 0 Å². The summed E-state index contributed by atoms with van der Waals surface area (Å²) in [5, 5.41) is 0. The second kappa shape index (κ2) is 34.5. The molecule has 4 aromatic carbocycles. The second-order valence-corrected chi connectivity index (χ2v) is 16.5. The van der Waals surface area contributed by atoms with Crippen molar-refractivity contribution in [3.8, 4) is 28.4 Å². The lowest BCUT2D eigenvalue weighted by Crippen LogP contribution is -2.10. The van der Waals surface area contributed by atoms with Crippen molar-refractivity contribution in [2.75, 3.05) is 33.0 Å².